The Hall–Kier alpha value is -2.14. The highest BCUT2D eigenvalue weighted by molar-refractivity contribution is 5.82. The van der Waals surface area contributed by atoms with Gasteiger partial charge in [-0.1, -0.05) is 32.0 Å². The van der Waals surface area contributed by atoms with E-state index in [0.29, 0.717) is 0 Å². The van der Waals surface area contributed by atoms with Crippen molar-refractivity contribution in [1.82, 2.24) is 15.1 Å². The molecule has 0 aliphatic carbocycles. The maximum atomic E-state index is 12.1. The van der Waals surface area contributed by atoms with Gasteiger partial charge in [0.1, 0.15) is 0 Å². The number of carbonyl (C=O) groups excluding carboxylic acids is 1. The molecule has 0 aliphatic rings. The van der Waals surface area contributed by atoms with Crippen molar-refractivity contribution in [2.24, 2.45) is 11.7 Å². The zero-order valence-corrected chi connectivity index (χ0v) is 12.7. The second kappa shape index (κ2) is 6.54. The Morgan fingerprint density at radius 1 is 1.24 bits per heavy atom. The minimum absolute atomic E-state index is 0.110. The Bertz CT molecular complexity index is 592. The molecule has 2 aromatic rings. The molecule has 3 N–H and O–H groups in total. The molecule has 2 atom stereocenters. The molecular formula is C16H22N4O. The maximum absolute atomic E-state index is 12.1. The van der Waals surface area contributed by atoms with Crippen LogP contribution in [0.25, 0.3) is 5.69 Å². The van der Waals surface area contributed by atoms with Crippen LogP contribution in [0.15, 0.2) is 42.7 Å². The van der Waals surface area contributed by atoms with Crippen LogP contribution in [0.3, 0.4) is 0 Å². The van der Waals surface area contributed by atoms with Gasteiger partial charge in [-0.3, -0.25) is 4.79 Å². The minimum Gasteiger partial charge on any atom is -0.348 e. The lowest BCUT2D eigenvalue weighted by Crippen LogP contribution is -2.44. The van der Waals surface area contributed by atoms with Gasteiger partial charge in [0.05, 0.1) is 17.8 Å². The standard InChI is InChI=1S/C16H22N4O/c1-11(2)15(17)16(21)19-12(3)13-7-4-5-8-14(13)20-10-6-9-18-20/h4-12,15H,17H2,1-3H3,(H,19,21)/t12?,15-/m0/s1. The highest BCUT2D eigenvalue weighted by Crippen LogP contribution is 2.21. The van der Waals surface area contributed by atoms with Crippen LogP contribution in [0.5, 0.6) is 0 Å². The molecule has 0 spiro atoms. The highest BCUT2D eigenvalue weighted by atomic mass is 16.2. The van der Waals surface area contributed by atoms with Crippen molar-refractivity contribution < 1.29 is 4.79 Å². The summed E-state index contributed by atoms with van der Waals surface area (Å²) < 4.78 is 1.79. The third kappa shape index (κ3) is 3.49. The maximum Gasteiger partial charge on any atom is 0.237 e. The number of nitrogens with one attached hydrogen (secondary N) is 1. The van der Waals surface area contributed by atoms with E-state index in [4.69, 9.17) is 5.73 Å². The van der Waals surface area contributed by atoms with E-state index in [9.17, 15) is 4.79 Å². The number of hydrogen-bond donors (Lipinski definition) is 2. The van der Waals surface area contributed by atoms with Gasteiger partial charge in [-0.05, 0) is 30.5 Å². The van der Waals surface area contributed by atoms with E-state index in [1.807, 2.05) is 57.3 Å². The lowest BCUT2D eigenvalue weighted by Gasteiger charge is -2.21. The second-order valence-electron chi connectivity index (χ2n) is 5.51. The van der Waals surface area contributed by atoms with Crippen molar-refractivity contribution in [3.8, 4) is 5.69 Å². The Labute approximate surface area is 125 Å². The molecule has 5 heteroatoms. The van der Waals surface area contributed by atoms with Crippen LogP contribution < -0.4 is 11.1 Å². The fourth-order valence-corrected chi connectivity index (χ4v) is 2.16. The topological polar surface area (TPSA) is 72.9 Å². The Morgan fingerprint density at radius 2 is 1.95 bits per heavy atom. The predicted molar refractivity (Wildman–Crippen MR) is 82.9 cm³/mol. The number of carbonyl (C=O) groups is 1. The van der Waals surface area contributed by atoms with Gasteiger partial charge in [0, 0.05) is 12.4 Å². The van der Waals surface area contributed by atoms with E-state index in [0.717, 1.165) is 11.3 Å². The highest BCUT2D eigenvalue weighted by Gasteiger charge is 2.20. The molecular weight excluding hydrogens is 264 g/mol. The van der Waals surface area contributed by atoms with Crippen LogP contribution in [0, 0.1) is 5.92 Å². The first-order valence-electron chi connectivity index (χ1n) is 7.15. The van der Waals surface area contributed by atoms with E-state index in [-0.39, 0.29) is 17.9 Å². The molecule has 5 nitrogen and oxygen atoms in total. The summed E-state index contributed by atoms with van der Waals surface area (Å²) in [4.78, 5) is 12.1. The van der Waals surface area contributed by atoms with Crippen molar-refractivity contribution in [2.45, 2.75) is 32.9 Å². The molecule has 0 aliphatic heterocycles. The molecule has 1 heterocycles. The van der Waals surface area contributed by atoms with Gasteiger partial charge < -0.3 is 11.1 Å². The Kier molecular flexibility index (Phi) is 4.75. The van der Waals surface area contributed by atoms with Crippen molar-refractivity contribution >= 4 is 5.91 Å². The van der Waals surface area contributed by atoms with Gasteiger partial charge >= 0.3 is 0 Å². The molecule has 112 valence electrons. The van der Waals surface area contributed by atoms with E-state index in [1.165, 1.54) is 0 Å². The summed E-state index contributed by atoms with van der Waals surface area (Å²) >= 11 is 0. The molecule has 2 rings (SSSR count). The Balaban J connectivity index is 2.20. The predicted octanol–water partition coefficient (Wildman–Crippen LogP) is 2.03. The quantitative estimate of drug-likeness (QED) is 0.883. The first-order valence-corrected chi connectivity index (χ1v) is 7.15. The number of rotatable bonds is 5. The smallest absolute Gasteiger partial charge is 0.237 e. The summed E-state index contributed by atoms with van der Waals surface area (Å²) in [5.41, 5.74) is 7.85. The summed E-state index contributed by atoms with van der Waals surface area (Å²) in [7, 11) is 0. The summed E-state index contributed by atoms with van der Waals surface area (Å²) in [5.74, 6) is -0.0219. The van der Waals surface area contributed by atoms with Gasteiger partial charge in [0.15, 0.2) is 0 Å². The average Bonchev–Trinajstić information content (AvgIpc) is 3.00. The lowest BCUT2D eigenvalue weighted by molar-refractivity contribution is -0.123. The molecule has 1 aromatic carbocycles. The summed E-state index contributed by atoms with van der Waals surface area (Å²) in [6.45, 7) is 5.83. The van der Waals surface area contributed by atoms with Crippen LogP contribution in [0.2, 0.25) is 0 Å². The number of nitrogens with two attached hydrogens (primary N) is 1. The summed E-state index contributed by atoms with van der Waals surface area (Å²) in [6.07, 6.45) is 3.61. The number of para-hydroxylation sites is 1. The summed E-state index contributed by atoms with van der Waals surface area (Å²) in [5, 5.41) is 7.23. The van der Waals surface area contributed by atoms with Crippen LogP contribution in [-0.4, -0.2) is 21.7 Å². The third-order valence-corrected chi connectivity index (χ3v) is 3.53. The molecule has 1 unspecified atom stereocenters. The van der Waals surface area contributed by atoms with Gasteiger partial charge in [0.25, 0.3) is 0 Å². The number of amides is 1. The molecule has 0 saturated carbocycles. The zero-order valence-electron chi connectivity index (χ0n) is 12.7. The first-order chi connectivity index (χ1) is 10.0. The third-order valence-electron chi connectivity index (χ3n) is 3.53. The van der Waals surface area contributed by atoms with Crippen LogP contribution in [0.1, 0.15) is 32.4 Å². The molecule has 21 heavy (non-hydrogen) atoms. The number of nitrogens with zero attached hydrogens (tertiary/aromatic N) is 2. The monoisotopic (exact) mass is 286 g/mol. The van der Waals surface area contributed by atoms with E-state index in [1.54, 1.807) is 10.9 Å². The van der Waals surface area contributed by atoms with Gasteiger partial charge in [-0.2, -0.15) is 5.10 Å². The van der Waals surface area contributed by atoms with Crippen molar-refractivity contribution in [1.29, 1.82) is 0 Å². The van der Waals surface area contributed by atoms with Crippen LogP contribution in [0.4, 0.5) is 0 Å². The van der Waals surface area contributed by atoms with Crippen molar-refractivity contribution in [2.75, 3.05) is 0 Å². The van der Waals surface area contributed by atoms with Gasteiger partial charge in [0.2, 0.25) is 5.91 Å². The van der Waals surface area contributed by atoms with Gasteiger partial charge in [-0.15, -0.1) is 0 Å². The van der Waals surface area contributed by atoms with E-state index < -0.39 is 6.04 Å². The van der Waals surface area contributed by atoms with Crippen molar-refractivity contribution in [3.63, 3.8) is 0 Å². The van der Waals surface area contributed by atoms with E-state index >= 15 is 0 Å². The first kappa shape index (κ1) is 15.3. The molecule has 0 bridgehead atoms. The molecule has 0 radical (unpaired) electrons. The number of benzene rings is 1. The van der Waals surface area contributed by atoms with Crippen LogP contribution in [-0.2, 0) is 4.79 Å². The fraction of sp³-hybridized carbons (Fsp3) is 0.375. The minimum atomic E-state index is -0.496. The molecule has 1 aromatic heterocycles. The number of aromatic nitrogens is 2. The molecule has 0 saturated heterocycles. The number of hydrogen-bond acceptors (Lipinski definition) is 3. The Morgan fingerprint density at radius 3 is 2.57 bits per heavy atom. The molecule has 0 fully saturated rings. The van der Waals surface area contributed by atoms with Gasteiger partial charge in [-0.25, -0.2) is 4.68 Å². The summed E-state index contributed by atoms with van der Waals surface area (Å²) in [6, 6.07) is 9.11. The molecule has 1 amide bonds. The second-order valence-corrected chi connectivity index (χ2v) is 5.51. The normalized spacial score (nSPS) is 14.0. The zero-order chi connectivity index (χ0) is 15.4. The fourth-order valence-electron chi connectivity index (χ4n) is 2.16. The lowest BCUT2D eigenvalue weighted by atomic mass is 10.0. The average molecular weight is 286 g/mol. The van der Waals surface area contributed by atoms with E-state index in [2.05, 4.69) is 10.4 Å². The van der Waals surface area contributed by atoms with Crippen molar-refractivity contribution in [3.05, 3.63) is 48.3 Å². The SMILES string of the molecule is CC(NC(=O)[C@@H](N)C(C)C)c1ccccc1-n1cccn1. The largest absolute Gasteiger partial charge is 0.348 e. The van der Waals surface area contributed by atoms with Crippen LogP contribution >= 0.6 is 0 Å².